The summed E-state index contributed by atoms with van der Waals surface area (Å²) < 4.78 is 11.6. The van der Waals surface area contributed by atoms with Gasteiger partial charge in [0, 0.05) is 12.0 Å². The van der Waals surface area contributed by atoms with Crippen LogP contribution in [0.5, 0.6) is 0 Å². The van der Waals surface area contributed by atoms with Crippen LogP contribution in [0, 0.1) is 6.92 Å². The molecule has 1 aromatic carbocycles. The van der Waals surface area contributed by atoms with E-state index < -0.39 is 0 Å². The van der Waals surface area contributed by atoms with Gasteiger partial charge < -0.3 is 9.15 Å². The zero-order valence-electron chi connectivity index (χ0n) is 12.6. The number of fused-ring (bicyclic) bond motifs is 1. The molecule has 1 saturated heterocycles. The van der Waals surface area contributed by atoms with Gasteiger partial charge in [-0.05, 0) is 57.2 Å². The number of benzene rings is 1. The average Bonchev–Trinajstić information content (AvgIpc) is 3.12. The van der Waals surface area contributed by atoms with Crippen LogP contribution in [0.15, 0.2) is 28.7 Å². The fraction of sp³-hybridized carbons (Fsp3) is 0.529. The molecular formula is C17H24N2O2. The lowest BCUT2D eigenvalue weighted by Gasteiger charge is -2.14. The maximum Gasteiger partial charge on any atom is 0.134 e. The topological polar surface area (TPSA) is 60.4 Å². The Bertz CT molecular complexity index is 587. The first-order valence-corrected chi connectivity index (χ1v) is 7.84. The van der Waals surface area contributed by atoms with Gasteiger partial charge in [-0.15, -0.1) is 0 Å². The summed E-state index contributed by atoms with van der Waals surface area (Å²) in [6.07, 6.45) is 6.01. The minimum Gasteiger partial charge on any atom is -0.459 e. The lowest BCUT2D eigenvalue weighted by molar-refractivity contribution is 0.101. The summed E-state index contributed by atoms with van der Waals surface area (Å²) >= 11 is 0. The highest BCUT2D eigenvalue weighted by molar-refractivity contribution is 5.78. The van der Waals surface area contributed by atoms with Crippen molar-refractivity contribution in [3.05, 3.63) is 35.6 Å². The molecule has 0 spiro atoms. The minimum absolute atomic E-state index is 0.0686. The van der Waals surface area contributed by atoms with E-state index in [9.17, 15) is 0 Å². The first-order valence-electron chi connectivity index (χ1n) is 7.84. The maximum absolute atomic E-state index is 5.92. The van der Waals surface area contributed by atoms with Crippen molar-refractivity contribution in [1.29, 1.82) is 0 Å². The largest absolute Gasteiger partial charge is 0.459 e. The summed E-state index contributed by atoms with van der Waals surface area (Å²) in [7, 11) is 0. The molecule has 0 aliphatic carbocycles. The van der Waals surface area contributed by atoms with Crippen LogP contribution in [-0.4, -0.2) is 12.7 Å². The Morgan fingerprint density at radius 3 is 3.05 bits per heavy atom. The van der Waals surface area contributed by atoms with Gasteiger partial charge in [0.25, 0.3) is 0 Å². The molecule has 21 heavy (non-hydrogen) atoms. The molecule has 114 valence electrons. The first kappa shape index (κ1) is 14.6. The van der Waals surface area contributed by atoms with Gasteiger partial charge in [0.1, 0.15) is 11.3 Å². The predicted octanol–water partition coefficient (Wildman–Crippen LogP) is 3.59. The van der Waals surface area contributed by atoms with Gasteiger partial charge in [0.2, 0.25) is 0 Å². The van der Waals surface area contributed by atoms with Crippen molar-refractivity contribution < 1.29 is 9.15 Å². The number of hydrogen-bond acceptors (Lipinski definition) is 4. The van der Waals surface area contributed by atoms with E-state index in [1.54, 1.807) is 0 Å². The van der Waals surface area contributed by atoms with E-state index in [1.165, 1.54) is 18.4 Å². The number of rotatable bonds is 6. The number of hydrogen-bond donors (Lipinski definition) is 2. The molecule has 3 rings (SSSR count). The van der Waals surface area contributed by atoms with Gasteiger partial charge in [-0.25, -0.2) is 5.43 Å². The Balaban J connectivity index is 1.63. The molecule has 1 aromatic heterocycles. The lowest BCUT2D eigenvalue weighted by Crippen LogP contribution is -2.27. The second-order valence-electron chi connectivity index (χ2n) is 5.98. The zero-order chi connectivity index (χ0) is 14.7. The molecule has 4 heteroatoms. The molecule has 2 atom stereocenters. The summed E-state index contributed by atoms with van der Waals surface area (Å²) in [5, 5.41) is 1.14. The van der Waals surface area contributed by atoms with Gasteiger partial charge in [-0.1, -0.05) is 11.6 Å². The fourth-order valence-electron chi connectivity index (χ4n) is 3.08. The summed E-state index contributed by atoms with van der Waals surface area (Å²) in [5.41, 5.74) is 5.05. The monoisotopic (exact) mass is 288 g/mol. The average molecular weight is 288 g/mol. The van der Waals surface area contributed by atoms with E-state index in [4.69, 9.17) is 15.0 Å². The molecular weight excluding hydrogens is 264 g/mol. The highest BCUT2D eigenvalue weighted by atomic mass is 16.5. The van der Waals surface area contributed by atoms with Gasteiger partial charge >= 0.3 is 0 Å². The summed E-state index contributed by atoms with van der Waals surface area (Å²) in [6.45, 7) is 3.01. The third-order valence-electron chi connectivity index (χ3n) is 4.28. The van der Waals surface area contributed by atoms with Crippen LogP contribution < -0.4 is 11.3 Å². The Hall–Kier alpha value is -1.36. The molecule has 2 aromatic rings. The Morgan fingerprint density at radius 2 is 2.29 bits per heavy atom. The third-order valence-corrected chi connectivity index (χ3v) is 4.28. The molecule has 2 unspecified atom stereocenters. The van der Waals surface area contributed by atoms with Crippen molar-refractivity contribution in [2.45, 2.75) is 51.2 Å². The molecule has 0 bridgehead atoms. The number of nitrogens with one attached hydrogen (secondary N) is 1. The van der Waals surface area contributed by atoms with Crippen molar-refractivity contribution in [2.24, 2.45) is 5.84 Å². The molecule has 0 amide bonds. The molecule has 0 saturated carbocycles. The van der Waals surface area contributed by atoms with Crippen LogP contribution in [0.4, 0.5) is 0 Å². The highest BCUT2D eigenvalue weighted by Gasteiger charge is 2.18. The molecule has 3 N–H and O–H groups in total. The SMILES string of the molecule is Cc1ccc2oc(C(CCCC3CCCO3)NN)cc2c1. The zero-order valence-corrected chi connectivity index (χ0v) is 12.6. The Labute approximate surface area is 125 Å². The molecule has 1 fully saturated rings. The Kier molecular flexibility index (Phi) is 4.58. The number of hydrazine groups is 1. The van der Waals surface area contributed by atoms with E-state index in [1.807, 2.05) is 6.07 Å². The third kappa shape index (κ3) is 3.46. The van der Waals surface area contributed by atoms with Crippen LogP contribution in [-0.2, 0) is 4.74 Å². The highest BCUT2D eigenvalue weighted by Crippen LogP contribution is 2.28. The Morgan fingerprint density at radius 1 is 1.38 bits per heavy atom. The molecule has 1 aliphatic heterocycles. The maximum atomic E-state index is 5.92. The molecule has 4 nitrogen and oxygen atoms in total. The van der Waals surface area contributed by atoms with E-state index in [0.29, 0.717) is 6.10 Å². The summed E-state index contributed by atoms with van der Waals surface area (Å²) in [5.74, 6) is 6.63. The summed E-state index contributed by atoms with van der Waals surface area (Å²) in [4.78, 5) is 0. The smallest absolute Gasteiger partial charge is 0.134 e. The number of aryl methyl sites for hydroxylation is 1. The van der Waals surface area contributed by atoms with Crippen molar-refractivity contribution in [3.63, 3.8) is 0 Å². The number of nitrogens with two attached hydrogens (primary N) is 1. The van der Waals surface area contributed by atoms with Crippen LogP contribution >= 0.6 is 0 Å². The van der Waals surface area contributed by atoms with Crippen LogP contribution in [0.25, 0.3) is 11.0 Å². The van der Waals surface area contributed by atoms with Crippen molar-refractivity contribution >= 4 is 11.0 Å². The number of furan rings is 1. The van der Waals surface area contributed by atoms with Crippen LogP contribution in [0.3, 0.4) is 0 Å². The van der Waals surface area contributed by atoms with Gasteiger partial charge in [-0.3, -0.25) is 5.84 Å². The van der Waals surface area contributed by atoms with E-state index in [0.717, 1.165) is 42.6 Å². The molecule has 1 aliphatic rings. The normalized spacial score (nSPS) is 20.2. The van der Waals surface area contributed by atoms with E-state index >= 15 is 0 Å². The van der Waals surface area contributed by atoms with Gasteiger partial charge in [0.05, 0.1) is 12.1 Å². The van der Waals surface area contributed by atoms with Crippen LogP contribution in [0.1, 0.15) is 49.5 Å². The van der Waals surface area contributed by atoms with Crippen molar-refractivity contribution in [3.8, 4) is 0 Å². The first-order chi connectivity index (χ1) is 10.3. The molecule has 0 radical (unpaired) electrons. The fourth-order valence-corrected chi connectivity index (χ4v) is 3.08. The van der Waals surface area contributed by atoms with E-state index in [-0.39, 0.29) is 6.04 Å². The van der Waals surface area contributed by atoms with Crippen LogP contribution in [0.2, 0.25) is 0 Å². The second-order valence-corrected chi connectivity index (χ2v) is 5.98. The van der Waals surface area contributed by atoms with Gasteiger partial charge in [-0.2, -0.15) is 0 Å². The predicted molar refractivity (Wildman–Crippen MR) is 83.8 cm³/mol. The van der Waals surface area contributed by atoms with E-state index in [2.05, 4.69) is 30.5 Å². The quantitative estimate of drug-likeness (QED) is 0.630. The molecule has 2 heterocycles. The lowest BCUT2D eigenvalue weighted by atomic mass is 10.0. The number of ether oxygens (including phenoxy) is 1. The van der Waals surface area contributed by atoms with Crippen molar-refractivity contribution in [2.75, 3.05) is 6.61 Å². The second kappa shape index (κ2) is 6.60. The standard InChI is InChI=1S/C17H24N2O2/c1-12-7-8-16-13(10-12)11-17(21-16)15(19-18)6-2-4-14-5-3-9-20-14/h7-8,10-11,14-15,19H,2-6,9,18H2,1H3. The summed E-state index contributed by atoms with van der Waals surface area (Å²) in [6, 6.07) is 8.40. The van der Waals surface area contributed by atoms with Crippen molar-refractivity contribution in [1.82, 2.24) is 5.43 Å². The van der Waals surface area contributed by atoms with Gasteiger partial charge in [0.15, 0.2) is 0 Å². The minimum atomic E-state index is 0.0686.